The molecule has 0 saturated carbocycles. The molecule has 2 aliphatic heterocycles. The molecule has 33 heavy (non-hydrogen) atoms. The Labute approximate surface area is 190 Å². The van der Waals surface area contributed by atoms with Gasteiger partial charge in [-0.25, -0.2) is 13.2 Å². The Hall–Kier alpha value is -2.94. The van der Waals surface area contributed by atoms with Gasteiger partial charge in [0.25, 0.3) is 0 Å². The monoisotopic (exact) mass is 464 g/mol. The largest absolute Gasteiger partial charge is 0.504 e. The Kier molecular flexibility index (Phi) is 6.97. The van der Waals surface area contributed by atoms with Gasteiger partial charge in [0, 0.05) is 56.1 Å². The summed E-state index contributed by atoms with van der Waals surface area (Å²) in [6.07, 6.45) is 1.83. The second-order valence-electron chi connectivity index (χ2n) is 8.68. The van der Waals surface area contributed by atoms with E-state index in [1.807, 2.05) is 0 Å². The van der Waals surface area contributed by atoms with Gasteiger partial charge in [0.2, 0.25) is 5.91 Å². The molecule has 0 aromatic heterocycles. The number of amides is 1. The lowest BCUT2D eigenvalue weighted by Crippen LogP contribution is -2.47. The number of hydrogen-bond acceptors (Lipinski definition) is 5. The Morgan fingerprint density at radius 1 is 0.970 bits per heavy atom. The number of para-hydroxylation sites is 1. The predicted octanol–water partition coefficient (Wildman–Crippen LogP) is 3.80. The fourth-order valence-electron chi connectivity index (χ4n) is 4.54. The van der Waals surface area contributed by atoms with Crippen LogP contribution in [-0.2, 0) is 11.3 Å². The first kappa shape index (κ1) is 23.2. The molecule has 2 N–H and O–H groups in total. The summed E-state index contributed by atoms with van der Waals surface area (Å²) >= 11 is 0. The number of phenolic OH excluding ortho intramolecular Hbond substituents is 2. The molecule has 0 radical (unpaired) electrons. The van der Waals surface area contributed by atoms with Gasteiger partial charge in [-0.1, -0.05) is 12.1 Å². The van der Waals surface area contributed by atoms with E-state index in [0.29, 0.717) is 76.1 Å². The first-order chi connectivity index (χ1) is 15.8. The summed E-state index contributed by atoms with van der Waals surface area (Å²) in [6.45, 7) is 2.78. The van der Waals surface area contributed by atoms with Crippen LogP contribution in [0.5, 0.6) is 17.2 Å². The van der Waals surface area contributed by atoms with Crippen molar-refractivity contribution >= 4 is 5.91 Å². The van der Waals surface area contributed by atoms with E-state index in [1.54, 1.807) is 17.0 Å². The second kappa shape index (κ2) is 9.91. The number of rotatable bonds is 5. The van der Waals surface area contributed by atoms with Gasteiger partial charge in [-0.15, -0.1) is 0 Å². The van der Waals surface area contributed by atoms with Gasteiger partial charge in [0.05, 0.1) is 0 Å². The molecule has 9 heteroatoms. The summed E-state index contributed by atoms with van der Waals surface area (Å²) in [5, 5.41) is 19.6. The number of nitrogens with zero attached hydrogens (tertiary/aromatic N) is 2. The quantitative estimate of drug-likeness (QED) is 0.659. The molecule has 4 rings (SSSR count). The lowest BCUT2D eigenvalue weighted by atomic mass is 9.93. The van der Waals surface area contributed by atoms with Crippen molar-refractivity contribution in [2.45, 2.75) is 38.3 Å². The van der Waals surface area contributed by atoms with Gasteiger partial charge in [0.15, 0.2) is 28.9 Å². The van der Waals surface area contributed by atoms with Gasteiger partial charge in [-0.05, 0) is 32.0 Å². The normalized spacial score (nSPS) is 18.5. The van der Waals surface area contributed by atoms with E-state index in [0.717, 1.165) is 0 Å². The highest BCUT2D eigenvalue weighted by Gasteiger charge is 2.32. The summed E-state index contributed by atoms with van der Waals surface area (Å²) < 4.78 is 46.2. The summed E-state index contributed by atoms with van der Waals surface area (Å²) in [6, 6.07) is 6.07. The Morgan fingerprint density at radius 2 is 1.61 bits per heavy atom. The molecule has 0 spiro atoms. The number of halogens is 3. The Bertz CT molecular complexity index is 980. The number of piperidine rings is 2. The number of ether oxygens (including phenoxy) is 1. The van der Waals surface area contributed by atoms with Crippen LogP contribution in [-0.4, -0.2) is 58.2 Å². The number of phenols is 2. The van der Waals surface area contributed by atoms with Crippen molar-refractivity contribution in [3.63, 3.8) is 0 Å². The van der Waals surface area contributed by atoms with E-state index in [-0.39, 0.29) is 23.3 Å². The minimum Gasteiger partial charge on any atom is -0.504 e. The van der Waals surface area contributed by atoms with Crippen molar-refractivity contribution < 1.29 is 32.9 Å². The number of aromatic hydroxyl groups is 2. The van der Waals surface area contributed by atoms with E-state index in [9.17, 15) is 28.2 Å². The fraction of sp³-hybridized carbons (Fsp3) is 0.458. The van der Waals surface area contributed by atoms with Crippen LogP contribution in [0.1, 0.15) is 31.2 Å². The Morgan fingerprint density at radius 3 is 2.24 bits per heavy atom. The highest BCUT2D eigenvalue weighted by Crippen LogP contribution is 2.31. The fourth-order valence-corrected chi connectivity index (χ4v) is 4.54. The number of carbonyl (C=O) groups is 1. The zero-order valence-corrected chi connectivity index (χ0v) is 18.1. The average molecular weight is 464 g/mol. The van der Waals surface area contributed by atoms with Crippen LogP contribution in [0.15, 0.2) is 30.3 Å². The summed E-state index contributed by atoms with van der Waals surface area (Å²) in [5.74, 6) is -3.99. The number of hydrogen-bond donors (Lipinski definition) is 2. The van der Waals surface area contributed by atoms with Crippen LogP contribution in [0, 0.1) is 23.4 Å². The lowest BCUT2D eigenvalue weighted by Gasteiger charge is -2.37. The van der Waals surface area contributed by atoms with E-state index in [4.69, 9.17) is 4.74 Å². The molecule has 0 bridgehead atoms. The molecule has 2 aromatic rings. The number of likely N-dealkylation sites (tertiary alicyclic amines) is 2. The third-order valence-corrected chi connectivity index (χ3v) is 6.43. The minimum absolute atomic E-state index is 0.0763. The van der Waals surface area contributed by atoms with Crippen molar-refractivity contribution in [3.8, 4) is 17.2 Å². The number of carbonyl (C=O) groups excluding carboxylic acids is 1. The zero-order chi connectivity index (χ0) is 23.5. The molecule has 178 valence electrons. The molecule has 2 fully saturated rings. The molecule has 6 nitrogen and oxygen atoms in total. The summed E-state index contributed by atoms with van der Waals surface area (Å²) in [7, 11) is 0. The molecular weight excluding hydrogens is 437 g/mol. The third kappa shape index (κ3) is 5.35. The molecule has 0 aliphatic carbocycles. The van der Waals surface area contributed by atoms with Crippen LogP contribution < -0.4 is 4.74 Å². The highest BCUT2D eigenvalue weighted by molar-refractivity contribution is 5.79. The maximum Gasteiger partial charge on any atom is 0.225 e. The van der Waals surface area contributed by atoms with Crippen LogP contribution in [0.25, 0.3) is 0 Å². The number of benzene rings is 2. The van der Waals surface area contributed by atoms with Crippen LogP contribution >= 0.6 is 0 Å². The van der Waals surface area contributed by atoms with Crippen LogP contribution in [0.2, 0.25) is 0 Å². The topological polar surface area (TPSA) is 73.2 Å². The molecule has 1 amide bonds. The van der Waals surface area contributed by atoms with E-state index >= 15 is 0 Å². The molecule has 2 saturated heterocycles. The molecule has 2 aromatic carbocycles. The van der Waals surface area contributed by atoms with Gasteiger partial charge in [-0.2, -0.15) is 0 Å². The van der Waals surface area contributed by atoms with Crippen molar-refractivity contribution in [1.82, 2.24) is 9.80 Å². The second-order valence-corrected chi connectivity index (χ2v) is 8.68. The van der Waals surface area contributed by atoms with E-state index in [1.165, 1.54) is 6.07 Å². The molecule has 0 atom stereocenters. The summed E-state index contributed by atoms with van der Waals surface area (Å²) in [4.78, 5) is 16.9. The average Bonchev–Trinajstić information content (AvgIpc) is 2.80. The van der Waals surface area contributed by atoms with E-state index in [2.05, 4.69) is 4.90 Å². The maximum atomic E-state index is 13.8. The van der Waals surface area contributed by atoms with Crippen LogP contribution in [0.4, 0.5) is 13.2 Å². The van der Waals surface area contributed by atoms with Gasteiger partial charge in [-0.3, -0.25) is 9.69 Å². The molecular formula is C24H27F3N2O4. The Balaban J connectivity index is 1.25. The van der Waals surface area contributed by atoms with Gasteiger partial charge in [0.1, 0.15) is 11.9 Å². The first-order valence-electron chi connectivity index (χ1n) is 11.1. The van der Waals surface area contributed by atoms with E-state index < -0.39 is 29.3 Å². The van der Waals surface area contributed by atoms with Crippen molar-refractivity contribution in [1.29, 1.82) is 0 Å². The molecule has 0 unspecified atom stereocenters. The van der Waals surface area contributed by atoms with Gasteiger partial charge < -0.3 is 19.8 Å². The van der Waals surface area contributed by atoms with Gasteiger partial charge >= 0.3 is 0 Å². The third-order valence-electron chi connectivity index (χ3n) is 6.43. The first-order valence-corrected chi connectivity index (χ1v) is 11.1. The molecule has 2 heterocycles. The van der Waals surface area contributed by atoms with Crippen molar-refractivity contribution in [3.05, 3.63) is 53.3 Å². The molecule has 2 aliphatic rings. The predicted molar refractivity (Wildman–Crippen MR) is 114 cm³/mol. The highest BCUT2D eigenvalue weighted by atomic mass is 19.1. The van der Waals surface area contributed by atoms with Crippen molar-refractivity contribution in [2.75, 3.05) is 26.2 Å². The SMILES string of the molecule is O=C(C1CCN(Cc2cccc(O)c2O)CC1)N1CCC(Oc2c(F)cc(F)cc2F)CC1. The standard InChI is InChI=1S/C24H27F3N2O4/c25-17-12-19(26)23(20(27)13-17)33-18-6-10-29(11-7-18)24(32)15-4-8-28(9-5-15)14-16-2-1-3-21(30)22(16)31/h1-3,12-13,15,18,30-31H,4-11,14H2. The van der Waals surface area contributed by atoms with Crippen LogP contribution in [0.3, 0.4) is 0 Å². The van der Waals surface area contributed by atoms with Crippen molar-refractivity contribution in [2.24, 2.45) is 5.92 Å². The minimum atomic E-state index is -1.07. The summed E-state index contributed by atoms with van der Waals surface area (Å²) in [5.41, 5.74) is 0.649. The smallest absolute Gasteiger partial charge is 0.225 e. The lowest BCUT2D eigenvalue weighted by molar-refractivity contribution is -0.139. The maximum absolute atomic E-state index is 13.8. The zero-order valence-electron chi connectivity index (χ0n) is 18.1.